The lowest BCUT2D eigenvalue weighted by Crippen LogP contribution is -2.36. The van der Waals surface area contributed by atoms with E-state index in [-0.39, 0.29) is 24.2 Å². The lowest BCUT2D eigenvalue weighted by Gasteiger charge is -2.14. The maximum absolute atomic E-state index is 13.0. The third-order valence-corrected chi connectivity index (χ3v) is 5.25. The molecule has 2 heterocycles. The number of carbonyl (C=O) groups is 3. The van der Waals surface area contributed by atoms with E-state index in [1.54, 1.807) is 6.07 Å². The van der Waals surface area contributed by atoms with Gasteiger partial charge < -0.3 is 14.6 Å². The van der Waals surface area contributed by atoms with Crippen molar-refractivity contribution in [2.75, 3.05) is 13.2 Å². The smallest absolute Gasteiger partial charge is 0.325 e. The van der Waals surface area contributed by atoms with Gasteiger partial charge in [-0.15, -0.1) is 0 Å². The maximum Gasteiger partial charge on any atom is 0.325 e. The second-order valence-electron chi connectivity index (χ2n) is 8.03. The number of hydrogen-bond acceptors (Lipinski definition) is 4. The van der Waals surface area contributed by atoms with Crippen LogP contribution in [-0.4, -0.2) is 46.4 Å². The van der Waals surface area contributed by atoms with Crippen LogP contribution in [0.15, 0.2) is 30.3 Å². The Labute approximate surface area is 177 Å². The molecule has 1 N–H and O–H groups in total. The first kappa shape index (κ1) is 21.6. The maximum atomic E-state index is 13.0. The van der Waals surface area contributed by atoms with Crippen LogP contribution in [0.2, 0.25) is 0 Å². The van der Waals surface area contributed by atoms with Crippen LogP contribution in [0.5, 0.6) is 5.75 Å². The van der Waals surface area contributed by atoms with Gasteiger partial charge in [-0.3, -0.25) is 14.5 Å². The molecule has 7 heteroatoms. The minimum Gasteiger partial charge on any atom is -0.494 e. The van der Waals surface area contributed by atoms with Gasteiger partial charge in [0.1, 0.15) is 11.8 Å². The molecule has 1 unspecified atom stereocenters. The summed E-state index contributed by atoms with van der Waals surface area (Å²) >= 11 is 0. The van der Waals surface area contributed by atoms with Crippen LogP contribution in [0.1, 0.15) is 48.9 Å². The Hall–Kier alpha value is -3.09. The van der Waals surface area contributed by atoms with Crippen LogP contribution < -0.4 is 10.1 Å². The van der Waals surface area contributed by atoms with Crippen molar-refractivity contribution >= 4 is 17.7 Å². The Kier molecular flexibility index (Phi) is 6.29. The van der Waals surface area contributed by atoms with Crippen LogP contribution >= 0.6 is 0 Å². The summed E-state index contributed by atoms with van der Waals surface area (Å²) in [7, 11) is 0. The number of nitrogens with zero attached hydrogens (tertiary/aromatic N) is 2. The number of urea groups is 1. The Morgan fingerprint density at radius 1 is 1.17 bits per heavy atom. The number of ether oxygens (including phenoxy) is 1. The standard InChI is InChI=1S/C23H29N3O4/c1-6-30-18-9-7-17(8-10-18)26-15(4)12-19(16(26)5)21(27)13-25-22(28)20(11-14(2)3)24-23(25)29/h7-10,12,14,20H,6,11,13H2,1-5H3,(H,24,29). The average Bonchev–Trinajstić information content (AvgIpc) is 3.12. The number of nitrogens with one attached hydrogen (secondary N) is 1. The molecule has 1 atom stereocenters. The van der Waals surface area contributed by atoms with Gasteiger partial charge in [-0.1, -0.05) is 13.8 Å². The number of carbonyl (C=O) groups excluding carboxylic acids is 3. The molecule has 0 aliphatic carbocycles. The Morgan fingerprint density at radius 2 is 1.83 bits per heavy atom. The summed E-state index contributed by atoms with van der Waals surface area (Å²) in [6.07, 6.45) is 0.557. The van der Waals surface area contributed by atoms with Gasteiger partial charge in [-0.25, -0.2) is 4.79 Å². The molecule has 0 bridgehead atoms. The summed E-state index contributed by atoms with van der Waals surface area (Å²) in [5.41, 5.74) is 3.09. The molecule has 30 heavy (non-hydrogen) atoms. The minimum absolute atomic E-state index is 0.256. The topological polar surface area (TPSA) is 80.6 Å². The van der Waals surface area contributed by atoms with E-state index in [9.17, 15) is 14.4 Å². The second-order valence-corrected chi connectivity index (χ2v) is 8.03. The van der Waals surface area contributed by atoms with Gasteiger partial charge in [-0.05, 0) is 63.4 Å². The lowest BCUT2D eigenvalue weighted by molar-refractivity contribution is -0.127. The van der Waals surface area contributed by atoms with Crippen LogP contribution in [0.4, 0.5) is 4.79 Å². The first-order chi connectivity index (χ1) is 14.2. The summed E-state index contributed by atoms with van der Waals surface area (Å²) in [6.45, 7) is 10.0. The van der Waals surface area contributed by atoms with E-state index in [2.05, 4.69) is 5.32 Å². The van der Waals surface area contributed by atoms with E-state index in [1.807, 2.05) is 63.5 Å². The van der Waals surface area contributed by atoms with Crippen molar-refractivity contribution in [3.63, 3.8) is 0 Å². The highest BCUT2D eigenvalue weighted by Gasteiger charge is 2.39. The van der Waals surface area contributed by atoms with E-state index in [1.165, 1.54) is 0 Å². The highest BCUT2D eigenvalue weighted by molar-refractivity contribution is 6.09. The molecule has 1 aromatic heterocycles. The summed E-state index contributed by atoms with van der Waals surface area (Å²) in [6, 6.07) is 8.40. The Morgan fingerprint density at radius 3 is 2.43 bits per heavy atom. The number of amides is 3. The zero-order valence-electron chi connectivity index (χ0n) is 18.2. The number of imide groups is 1. The fraction of sp³-hybridized carbons (Fsp3) is 0.435. The molecule has 1 fully saturated rings. The van der Waals surface area contributed by atoms with Crippen LogP contribution in [0, 0.1) is 19.8 Å². The number of ketones is 1. The van der Waals surface area contributed by atoms with Crippen LogP contribution in [-0.2, 0) is 4.79 Å². The van der Waals surface area contributed by atoms with Crippen molar-refractivity contribution in [3.8, 4) is 11.4 Å². The number of aryl methyl sites for hydroxylation is 1. The second kappa shape index (κ2) is 8.73. The zero-order valence-corrected chi connectivity index (χ0v) is 18.2. The van der Waals surface area contributed by atoms with Gasteiger partial charge in [0.2, 0.25) is 0 Å². The van der Waals surface area contributed by atoms with Crippen molar-refractivity contribution in [1.29, 1.82) is 0 Å². The fourth-order valence-corrected chi connectivity index (χ4v) is 3.89. The van der Waals surface area contributed by atoms with Crippen molar-refractivity contribution in [3.05, 3.63) is 47.3 Å². The number of aromatic nitrogens is 1. The van der Waals surface area contributed by atoms with E-state index in [0.29, 0.717) is 18.6 Å². The molecule has 160 valence electrons. The number of hydrogen-bond donors (Lipinski definition) is 1. The predicted octanol–water partition coefficient (Wildman–Crippen LogP) is 3.64. The van der Waals surface area contributed by atoms with Gasteiger partial charge in [0.25, 0.3) is 5.91 Å². The highest BCUT2D eigenvalue weighted by Crippen LogP contribution is 2.24. The summed E-state index contributed by atoms with van der Waals surface area (Å²) in [5.74, 6) is 0.466. The molecule has 0 saturated carbocycles. The van der Waals surface area contributed by atoms with Gasteiger partial charge in [0.05, 0.1) is 13.2 Å². The van der Waals surface area contributed by atoms with Crippen LogP contribution in [0.25, 0.3) is 5.69 Å². The minimum atomic E-state index is -0.554. The summed E-state index contributed by atoms with van der Waals surface area (Å²) in [5, 5.41) is 2.68. The number of benzene rings is 1. The van der Waals surface area contributed by atoms with Gasteiger partial charge >= 0.3 is 6.03 Å². The monoisotopic (exact) mass is 411 g/mol. The normalized spacial score (nSPS) is 16.3. The summed E-state index contributed by atoms with van der Waals surface area (Å²) < 4.78 is 7.47. The SMILES string of the molecule is CCOc1ccc(-n2c(C)cc(C(=O)CN3C(=O)NC(CC(C)C)C3=O)c2C)cc1. The third-order valence-electron chi connectivity index (χ3n) is 5.25. The molecule has 1 aliphatic heterocycles. The van der Waals surface area contributed by atoms with E-state index >= 15 is 0 Å². The molecule has 0 radical (unpaired) electrons. The van der Waals surface area contributed by atoms with Crippen molar-refractivity contribution in [2.45, 2.75) is 47.1 Å². The highest BCUT2D eigenvalue weighted by atomic mass is 16.5. The van der Waals surface area contributed by atoms with E-state index in [0.717, 1.165) is 27.7 Å². The molecular weight excluding hydrogens is 382 g/mol. The first-order valence-corrected chi connectivity index (χ1v) is 10.3. The lowest BCUT2D eigenvalue weighted by atomic mass is 10.0. The molecule has 1 aromatic carbocycles. The van der Waals surface area contributed by atoms with E-state index < -0.39 is 12.1 Å². The largest absolute Gasteiger partial charge is 0.494 e. The zero-order chi connectivity index (χ0) is 22.0. The fourth-order valence-electron chi connectivity index (χ4n) is 3.89. The van der Waals surface area contributed by atoms with E-state index in [4.69, 9.17) is 4.74 Å². The molecule has 7 nitrogen and oxygen atoms in total. The molecule has 3 amide bonds. The number of rotatable bonds is 8. The van der Waals surface area contributed by atoms with Gasteiger partial charge in [0, 0.05) is 22.6 Å². The molecule has 1 aliphatic rings. The predicted molar refractivity (Wildman–Crippen MR) is 114 cm³/mol. The number of Topliss-reactive ketones (excluding diaryl/α,β-unsaturated/α-hetero) is 1. The first-order valence-electron chi connectivity index (χ1n) is 10.3. The molecule has 0 spiro atoms. The molecular formula is C23H29N3O4. The molecule has 2 aromatic rings. The van der Waals surface area contributed by atoms with Crippen molar-refractivity contribution < 1.29 is 19.1 Å². The van der Waals surface area contributed by atoms with Gasteiger partial charge in [0.15, 0.2) is 5.78 Å². The molecule has 3 rings (SSSR count). The third kappa shape index (κ3) is 4.25. The Bertz CT molecular complexity index is 960. The van der Waals surface area contributed by atoms with Gasteiger partial charge in [-0.2, -0.15) is 0 Å². The quantitative estimate of drug-likeness (QED) is 0.531. The Balaban J connectivity index is 1.80. The van der Waals surface area contributed by atoms with Crippen molar-refractivity contribution in [1.82, 2.24) is 14.8 Å². The average molecular weight is 412 g/mol. The van der Waals surface area contributed by atoms with Crippen molar-refractivity contribution in [2.24, 2.45) is 5.92 Å². The molecule has 1 saturated heterocycles. The summed E-state index contributed by atoms with van der Waals surface area (Å²) in [4.78, 5) is 38.8. The van der Waals surface area contributed by atoms with Crippen LogP contribution in [0.3, 0.4) is 0 Å².